The first-order valence-corrected chi connectivity index (χ1v) is 6.27. The summed E-state index contributed by atoms with van der Waals surface area (Å²) in [5.41, 5.74) is -0.724. The molecule has 0 aliphatic heterocycles. The van der Waals surface area contributed by atoms with Gasteiger partial charge in [0.25, 0.3) is 0 Å². The highest BCUT2D eigenvalue weighted by molar-refractivity contribution is 5.89. The molecule has 1 aliphatic carbocycles. The molecule has 0 unspecified atom stereocenters. The normalized spacial score (nSPS) is 26.0. The Balaban J connectivity index is 2.54. The third kappa shape index (κ3) is 2.29. The van der Waals surface area contributed by atoms with E-state index in [0.29, 0.717) is 0 Å². The molecular weight excluding hydrogens is 378 g/mol. The van der Waals surface area contributed by atoms with E-state index in [1.807, 2.05) is 0 Å². The molecule has 140 valence electrons. The number of hydrogen-bond donors (Lipinski definition) is 0. The third-order valence-corrected chi connectivity index (χ3v) is 3.52. The number of ether oxygens (including phenoxy) is 1. The molecule has 1 aromatic rings. The van der Waals surface area contributed by atoms with E-state index in [0.717, 1.165) is 24.3 Å². The molecule has 12 heteroatoms. The van der Waals surface area contributed by atoms with Crippen molar-refractivity contribution in [2.75, 3.05) is 0 Å². The van der Waals surface area contributed by atoms with Gasteiger partial charge >= 0.3 is 35.6 Å². The van der Waals surface area contributed by atoms with Crippen LogP contribution in [0.4, 0.5) is 43.9 Å². The van der Waals surface area contributed by atoms with E-state index < -0.39 is 47.2 Å². The summed E-state index contributed by atoms with van der Waals surface area (Å²) in [4.78, 5) is 11.5. The number of rotatable bonds is 2. The van der Waals surface area contributed by atoms with E-state index in [9.17, 15) is 48.7 Å². The molecule has 0 radical (unpaired) electrons. The smallest absolute Gasteiger partial charge is 0.384 e. The first-order valence-electron chi connectivity index (χ1n) is 6.27. The van der Waals surface area contributed by atoms with Crippen LogP contribution in [0.3, 0.4) is 0 Å². The topological polar surface area (TPSA) is 26.3 Å². The van der Waals surface area contributed by atoms with Crippen LogP contribution in [0.25, 0.3) is 0 Å². The van der Waals surface area contributed by atoms with E-state index >= 15 is 0 Å². The first kappa shape index (κ1) is 19.3. The van der Waals surface area contributed by atoms with E-state index in [2.05, 4.69) is 4.74 Å². The Hall–Kier alpha value is -2.01. The van der Waals surface area contributed by atoms with E-state index in [4.69, 9.17) is 0 Å². The molecule has 1 fully saturated rings. The molecule has 0 spiro atoms. The van der Waals surface area contributed by atoms with Crippen molar-refractivity contribution in [3.63, 3.8) is 0 Å². The Bertz CT molecular complexity index is 641. The summed E-state index contributed by atoms with van der Waals surface area (Å²) in [5, 5.41) is 0. The fraction of sp³-hybridized carbons (Fsp3) is 0.462. The van der Waals surface area contributed by atoms with Crippen molar-refractivity contribution in [1.82, 2.24) is 0 Å². The number of carbonyl (C=O) groups is 1. The predicted octanol–water partition coefficient (Wildman–Crippen LogP) is 4.40. The monoisotopic (exact) mass is 384 g/mol. The van der Waals surface area contributed by atoms with Crippen LogP contribution in [0.5, 0.6) is 0 Å². The third-order valence-electron chi connectivity index (χ3n) is 3.52. The summed E-state index contributed by atoms with van der Waals surface area (Å²) >= 11 is 0. The Morgan fingerprint density at radius 3 is 1.52 bits per heavy atom. The predicted molar refractivity (Wildman–Crippen MR) is 60.4 cm³/mol. The highest BCUT2D eigenvalue weighted by Gasteiger charge is 2.96. The van der Waals surface area contributed by atoms with Gasteiger partial charge in [-0.05, 0) is 12.1 Å². The highest BCUT2D eigenvalue weighted by Crippen LogP contribution is 2.65. The minimum absolute atomic E-state index is 0.724. The minimum atomic E-state index is -7.09. The van der Waals surface area contributed by atoms with Crippen molar-refractivity contribution in [3.8, 4) is 0 Å². The summed E-state index contributed by atoms with van der Waals surface area (Å²) in [6.07, 6.45) is -4.82. The molecule has 1 aliphatic rings. The van der Waals surface area contributed by atoms with Gasteiger partial charge in [0.2, 0.25) is 6.10 Å². The maximum Gasteiger partial charge on any atom is 0.384 e. The summed E-state index contributed by atoms with van der Waals surface area (Å²) in [6.45, 7) is 0. The molecule has 0 atom stereocenters. The second-order valence-electron chi connectivity index (χ2n) is 5.12. The lowest BCUT2D eigenvalue weighted by atomic mass is 9.80. The minimum Gasteiger partial charge on any atom is -0.445 e. The van der Waals surface area contributed by atoms with Crippen molar-refractivity contribution in [1.29, 1.82) is 0 Å². The molecular formula is C13H6F10O2. The van der Waals surface area contributed by atoms with Gasteiger partial charge in [0.15, 0.2) is 0 Å². The number of benzene rings is 1. The van der Waals surface area contributed by atoms with Gasteiger partial charge in [0, 0.05) is 0 Å². The Labute approximate surface area is 132 Å². The molecule has 0 N–H and O–H groups in total. The number of carbonyl (C=O) groups excluding carboxylic acids is 1. The van der Waals surface area contributed by atoms with Gasteiger partial charge in [0.1, 0.15) is 0 Å². The lowest BCUT2D eigenvalue weighted by Crippen LogP contribution is -2.80. The van der Waals surface area contributed by atoms with Crippen LogP contribution < -0.4 is 0 Å². The Morgan fingerprint density at radius 2 is 1.12 bits per heavy atom. The second-order valence-corrected chi connectivity index (χ2v) is 5.12. The Kier molecular flexibility index (Phi) is 4.05. The Morgan fingerprint density at radius 1 is 0.720 bits per heavy atom. The standard InChI is InChI=1S/C13H6F10O2/c14-9(15)8(25-7(24)6-4-2-1-3-5-6)10(16,17)12(20,21)13(22,23)11(9,18)19/h1-5,8H. The molecule has 0 bridgehead atoms. The largest absolute Gasteiger partial charge is 0.445 e. The zero-order valence-electron chi connectivity index (χ0n) is 11.6. The number of halogens is 10. The van der Waals surface area contributed by atoms with Crippen LogP contribution in [0, 0.1) is 0 Å². The highest BCUT2D eigenvalue weighted by atomic mass is 19.4. The van der Waals surface area contributed by atoms with Crippen molar-refractivity contribution < 1.29 is 53.4 Å². The molecule has 2 rings (SSSR count). The van der Waals surface area contributed by atoms with Crippen LogP contribution in [-0.4, -0.2) is 41.7 Å². The van der Waals surface area contributed by atoms with E-state index in [1.165, 1.54) is 6.07 Å². The molecule has 0 aromatic heterocycles. The summed E-state index contributed by atoms with van der Waals surface area (Å²) in [7, 11) is 0. The SMILES string of the molecule is O=C(OC1C(F)(F)C(F)(F)C(F)(F)C(F)(F)C1(F)F)c1ccccc1. The zero-order chi connectivity index (χ0) is 19.5. The number of esters is 1. The summed E-state index contributed by atoms with van der Waals surface area (Å²) in [5.74, 6) is -36.0. The molecule has 2 nitrogen and oxygen atoms in total. The molecule has 0 heterocycles. The summed E-state index contributed by atoms with van der Waals surface area (Å²) < 4.78 is 136. The molecule has 0 saturated heterocycles. The number of alkyl halides is 10. The first-order chi connectivity index (χ1) is 11.1. The van der Waals surface area contributed by atoms with Crippen molar-refractivity contribution in [3.05, 3.63) is 35.9 Å². The van der Waals surface area contributed by atoms with Crippen molar-refractivity contribution in [2.45, 2.75) is 35.7 Å². The van der Waals surface area contributed by atoms with Gasteiger partial charge in [-0.15, -0.1) is 0 Å². The fourth-order valence-corrected chi connectivity index (χ4v) is 2.07. The molecule has 1 saturated carbocycles. The van der Waals surface area contributed by atoms with E-state index in [-0.39, 0.29) is 0 Å². The average Bonchev–Trinajstić information content (AvgIpc) is 2.51. The van der Waals surface area contributed by atoms with Crippen LogP contribution in [0.2, 0.25) is 0 Å². The fourth-order valence-electron chi connectivity index (χ4n) is 2.07. The van der Waals surface area contributed by atoms with Gasteiger partial charge in [0.05, 0.1) is 5.56 Å². The second kappa shape index (κ2) is 5.24. The maximum atomic E-state index is 13.5. The summed E-state index contributed by atoms with van der Waals surface area (Å²) in [6, 6.07) is 5.08. The molecule has 0 amide bonds. The maximum absolute atomic E-state index is 13.5. The molecule has 1 aromatic carbocycles. The van der Waals surface area contributed by atoms with Gasteiger partial charge in [-0.3, -0.25) is 0 Å². The van der Waals surface area contributed by atoms with Crippen LogP contribution in [-0.2, 0) is 4.74 Å². The van der Waals surface area contributed by atoms with Crippen molar-refractivity contribution in [2.24, 2.45) is 0 Å². The zero-order valence-corrected chi connectivity index (χ0v) is 11.6. The van der Waals surface area contributed by atoms with Gasteiger partial charge in [-0.1, -0.05) is 18.2 Å². The van der Waals surface area contributed by atoms with Gasteiger partial charge < -0.3 is 4.74 Å². The van der Waals surface area contributed by atoms with E-state index in [1.54, 1.807) is 0 Å². The van der Waals surface area contributed by atoms with Crippen LogP contribution in [0.1, 0.15) is 10.4 Å². The molecule has 25 heavy (non-hydrogen) atoms. The van der Waals surface area contributed by atoms with Crippen LogP contribution in [0.15, 0.2) is 30.3 Å². The van der Waals surface area contributed by atoms with Gasteiger partial charge in [-0.25, -0.2) is 4.79 Å². The van der Waals surface area contributed by atoms with Crippen LogP contribution >= 0.6 is 0 Å². The lowest BCUT2D eigenvalue weighted by molar-refractivity contribution is -0.468. The quantitative estimate of drug-likeness (QED) is 0.558. The lowest BCUT2D eigenvalue weighted by Gasteiger charge is -2.48. The number of hydrogen-bond acceptors (Lipinski definition) is 2. The average molecular weight is 384 g/mol. The van der Waals surface area contributed by atoms with Gasteiger partial charge in [-0.2, -0.15) is 43.9 Å². The van der Waals surface area contributed by atoms with Crippen molar-refractivity contribution >= 4 is 5.97 Å².